The van der Waals surface area contributed by atoms with Gasteiger partial charge in [0.05, 0.1) is 4.90 Å². The number of fused-ring (bicyclic) bond motifs is 1. The Morgan fingerprint density at radius 2 is 2.19 bits per heavy atom. The van der Waals surface area contributed by atoms with E-state index in [1.165, 1.54) is 0 Å². The summed E-state index contributed by atoms with van der Waals surface area (Å²) in [5, 5.41) is 1.54. The molecule has 1 aromatic carbocycles. The van der Waals surface area contributed by atoms with Crippen molar-refractivity contribution in [1.29, 1.82) is 0 Å². The lowest BCUT2D eigenvalue weighted by atomic mass is 10.0. The van der Waals surface area contributed by atoms with Crippen LogP contribution < -0.4 is 5.73 Å². The first-order valence-corrected chi connectivity index (χ1v) is 8.54. The van der Waals surface area contributed by atoms with Crippen LogP contribution >= 0.6 is 0 Å². The zero-order valence-corrected chi connectivity index (χ0v) is 12.8. The minimum Gasteiger partial charge on any atom is -0.329 e. The number of aromatic nitrogens is 1. The number of nitrogens with zero attached hydrogens (tertiary/aromatic N) is 2. The molecule has 1 aromatic heterocycles. The molecule has 0 spiro atoms. The third-order valence-electron chi connectivity index (χ3n) is 4.30. The summed E-state index contributed by atoms with van der Waals surface area (Å²) in [6, 6.07) is 6.92. The zero-order chi connectivity index (χ0) is 15.0. The lowest BCUT2D eigenvalue weighted by Gasteiger charge is -2.25. The van der Waals surface area contributed by atoms with E-state index in [1.54, 1.807) is 34.9 Å². The Kier molecular flexibility index (Phi) is 3.69. The Balaban J connectivity index is 2.13. The number of hydrogen-bond donors (Lipinski definition) is 1. The quantitative estimate of drug-likeness (QED) is 0.934. The fourth-order valence-electron chi connectivity index (χ4n) is 3.07. The fraction of sp³-hybridized carbons (Fsp3) is 0.400. The summed E-state index contributed by atoms with van der Waals surface area (Å²) in [4.78, 5) is 4.39. The molecule has 2 unspecified atom stereocenters. The molecule has 112 valence electrons. The average molecular weight is 305 g/mol. The number of benzene rings is 1. The summed E-state index contributed by atoms with van der Waals surface area (Å²) >= 11 is 0. The number of sulfonamides is 1. The molecule has 1 aliphatic rings. The second-order valence-corrected chi connectivity index (χ2v) is 7.40. The minimum absolute atomic E-state index is 0.118. The largest absolute Gasteiger partial charge is 0.329 e. The highest BCUT2D eigenvalue weighted by atomic mass is 32.2. The van der Waals surface area contributed by atoms with E-state index in [9.17, 15) is 8.42 Å². The van der Waals surface area contributed by atoms with E-state index >= 15 is 0 Å². The monoisotopic (exact) mass is 305 g/mol. The molecule has 0 amide bonds. The number of hydrogen-bond acceptors (Lipinski definition) is 4. The van der Waals surface area contributed by atoms with Crippen LogP contribution in [0.2, 0.25) is 0 Å². The van der Waals surface area contributed by atoms with Gasteiger partial charge < -0.3 is 5.73 Å². The van der Waals surface area contributed by atoms with Crippen molar-refractivity contribution in [1.82, 2.24) is 9.29 Å². The highest BCUT2D eigenvalue weighted by molar-refractivity contribution is 7.89. The predicted octanol–water partition coefficient (Wildman–Crippen LogP) is 1.59. The lowest BCUT2D eigenvalue weighted by molar-refractivity contribution is 0.355. The highest BCUT2D eigenvalue weighted by Gasteiger charge is 2.39. The van der Waals surface area contributed by atoms with E-state index in [-0.39, 0.29) is 6.04 Å². The molecule has 3 rings (SSSR count). The van der Waals surface area contributed by atoms with E-state index in [4.69, 9.17) is 5.73 Å². The maximum Gasteiger partial charge on any atom is 0.243 e. The van der Waals surface area contributed by atoms with Gasteiger partial charge in [-0.2, -0.15) is 4.31 Å². The van der Waals surface area contributed by atoms with Crippen LogP contribution in [0.4, 0.5) is 0 Å². The molecule has 0 saturated carbocycles. The van der Waals surface area contributed by atoms with Gasteiger partial charge in [0.2, 0.25) is 10.0 Å². The Bertz CT molecular complexity index is 755. The van der Waals surface area contributed by atoms with E-state index in [0.29, 0.717) is 29.3 Å². The van der Waals surface area contributed by atoms with Crippen LogP contribution in [0.5, 0.6) is 0 Å². The van der Waals surface area contributed by atoms with Crippen molar-refractivity contribution < 1.29 is 8.42 Å². The van der Waals surface area contributed by atoms with Crippen molar-refractivity contribution in [3.05, 3.63) is 36.7 Å². The summed E-state index contributed by atoms with van der Waals surface area (Å²) < 4.78 is 27.6. The van der Waals surface area contributed by atoms with E-state index in [2.05, 4.69) is 11.9 Å². The summed E-state index contributed by atoms with van der Waals surface area (Å²) in [5.74, 6) is 0.293. The summed E-state index contributed by atoms with van der Waals surface area (Å²) in [5.41, 5.74) is 5.79. The van der Waals surface area contributed by atoms with Gasteiger partial charge in [-0.25, -0.2) is 8.42 Å². The van der Waals surface area contributed by atoms with E-state index in [1.807, 2.05) is 6.07 Å². The molecule has 2 heterocycles. The molecule has 2 aromatic rings. The SMILES string of the molecule is CC1CCN(S(=O)(=O)c2cccc3cnccc23)C1CN. The van der Waals surface area contributed by atoms with Crippen LogP contribution in [0.25, 0.3) is 10.8 Å². The van der Waals surface area contributed by atoms with Gasteiger partial charge in [-0.15, -0.1) is 0 Å². The third kappa shape index (κ3) is 2.33. The molecule has 5 nitrogen and oxygen atoms in total. The van der Waals surface area contributed by atoms with Crippen LogP contribution in [0.3, 0.4) is 0 Å². The lowest BCUT2D eigenvalue weighted by Crippen LogP contribution is -2.42. The second-order valence-electron chi connectivity index (χ2n) is 5.54. The molecule has 1 aliphatic heterocycles. The maximum absolute atomic E-state index is 13.0. The maximum atomic E-state index is 13.0. The van der Waals surface area contributed by atoms with Crippen molar-refractivity contribution >= 4 is 20.8 Å². The molecule has 6 heteroatoms. The second kappa shape index (κ2) is 5.36. The van der Waals surface area contributed by atoms with Crippen LogP contribution in [-0.2, 0) is 10.0 Å². The topological polar surface area (TPSA) is 76.3 Å². The first-order valence-electron chi connectivity index (χ1n) is 7.10. The van der Waals surface area contributed by atoms with E-state index < -0.39 is 10.0 Å². The molecule has 0 aliphatic carbocycles. The number of rotatable bonds is 3. The Labute approximate surface area is 124 Å². The smallest absolute Gasteiger partial charge is 0.243 e. The Morgan fingerprint density at radius 1 is 1.38 bits per heavy atom. The van der Waals surface area contributed by atoms with Crippen molar-refractivity contribution in [3.8, 4) is 0 Å². The molecule has 2 N–H and O–H groups in total. The summed E-state index contributed by atoms with van der Waals surface area (Å²) in [6.45, 7) is 2.94. The number of nitrogens with two attached hydrogens (primary N) is 1. The van der Waals surface area contributed by atoms with Gasteiger partial charge >= 0.3 is 0 Å². The van der Waals surface area contributed by atoms with Gasteiger partial charge in [-0.1, -0.05) is 19.1 Å². The average Bonchev–Trinajstić information content (AvgIpc) is 2.88. The van der Waals surface area contributed by atoms with Crippen LogP contribution in [0.1, 0.15) is 13.3 Å². The van der Waals surface area contributed by atoms with Crippen molar-refractivity contribution in [2.75, 3.05) is 13.1 Å². The molecular weight excluding hydrogens is 286 g/mol. The molecule has 1 saturated heterocycles. The summed E-state index contributed by atoms with van der Waals surface area (Å²) in [6.07, 6.45) is 4.16. The van der Waals surface area contributed by atoms with Crippen molar-refractivity contribution in [3.63, 3.8) is 0 Å². The van der Waals surface area contributed by atoms with E-state index in [0.717, 1.165) is 11.8 Å². The molecule has 21 heavy (non-hydrogen) atoms. The van der Waals surface area contributed by atoms with Gasteiger partial charge in [0.15, 0.2) is 0 Å². The molecule has 1 fully saturated rings. The van der Waals surface area contributed by atoms with Gasteiger partial charge in [-0.3, -0.25) is 4.98 Å². The predicted molar refractivity (Wildman–Crippen MR) is 82.3 cm³/mol. The summed E-state index contributed by atoms with van der Waals surface area (Å²) in [7, 11) is -3.53. The van der Waals surface area contributed by atoms with Gasteiger partial charge in [0, 0.05) is 42.3 Å². The van der Waals surface area contributed by atoms with Crippen LogP contribution in [0, 0.1) is 5.92 Å². The highest BCUT2D eigenvalue weighted by Crippen LogP contribution is 2.32. The zero-order valence-electron chi connectivity index (χ0n) is 11.9. The van der Waals surface area contributed by atoms with Gasteiger partial charge in [-0.05, 0) is 24.5 Å². The first kappa shape index (κ1) is 14.4. The molecule has 0 bridgehead atoms. The first-order chi connectivity index (χ1) is 10.1. The molecular formula is C15H19N3O2S. The fourth-order valence-corrected chi connectivity index (χ4v) is 5.03. The standard InChI is InChI=1S/C15H19N3O2S/c1-11-6-8-18(14(11)9-16)21(19,20)15-4-2-3-12-10-17-7-5-13(12)15/h2-5,7,10-11,14H,6,8-9,16H2,1H3. The molecule has 0 radical (unpaired) electrons. The normalized spacial score (nSPS) is 23.7. The molecule has 2 atom stereocenters. The minimum atomic E-state index is -3.53. The van der Waals surface area contributed by atoms with Crippen molar-refractivity contribution in [2.45, 2.75) is 24.3 Å². The Hall–Kier alpha value is -1.50. The Morgan fingerprint density at radius 3 is 2.95 bits per heavy atom. The van der Waals surface area contributed by atoms with Gasteiger partial charge in [0.1, 0.15) is 0 Å². The van der Waals surface area contributed by atoms with Gasteiger partial charge in [0.25, 0.3) is 0 Å². The number of pyridine rings is 1. The van der Waals surface area contributed by atoms with Crippen molar-refractivity contribution in [2.24, 2.45) is 11.7 Å². The van der Waals surface area contributed by atoms with Crippen LogP contribution in [0.15, 0.2) is 41.6 Å². The van der Waals surface area contributed by atoms with Crippen LogP contribution in [-0.4, -0.2) is 36.8 Å². The third-order valence-corrected chi connectivity index (χ3v) is 6.28.